The monoisotopic (exact) mass is 281 g/mol. The van der Waals surface area contributed by atoms with E-state index in [0.717, 1.165) is 15.9 Å². The fourth-order valence-corrected chi connectivity index (χ4v) is 2.12. The third-order valence-electron chi connectivity index (χ3n) is 2.87. The first-order valence-electron chi connectivity index (χ1n) is 5.55. The predicted molar refractivity (Wildman–Crippen MR) is 70.0 cm³/mol. The van der Waals surface area contributed by atoms with Crippen LogP contribution in [0, 0.1) is 12.8 Å². The predicted octanol–water partition coefficient (Wildman–Crippen LogP) is 3.56. The molecule has 1 heterocycles. The lowest BCUT2D eigenvalue weighted by molar-refractivity contribution is 0.291. The first-order valence-corrected chi connectivity index (χ1v) is 6.35. The van der Waals surface area contributed by atoms with Crippen LogP contribution < -0.4 is 0 Å². The maximum absolute atomic E-state index is 5.67. The first kappa shape index (κ1) is 11.6. The molecule has 1 aliphatic rings. The van der Waals surface area contributed by atoms with Crippen LogP contribution in [-0.4, -0.2) is 18.5 Å². The number of hydrogen-bond acceptors (Lipinski definition) is 2. The van der Waals surface area contributed by atoms with Gasteiger partial charge < -0.3 is 4.74 Å². The molecule has 0 saturated heterocycles. The SMILES string of the molecule is Cc1cccc(C2=NC(C(C)C)CO2)c1Br. The summed E-state index contributed by atoms with van der Waals surface area (Å²) in [5.74, 6) is 1.30. The largest absolute Gasteiger partial charge is 0.475 e. The van der Waals surface area contributed by atoms with Gasteiger partial charge in [-0.1, -0.05) is 26.0 Å². The number of aryl methyl sites for hydroxylation is 1. The highest BCUT2D eigenvalue weighted by Gasteiger charge is 2.24. The minimum absolute atomic E-state index is 0.294. The van der Waals surface area contributed by atoms with Crippen LogP contribution in [0.3, 0.4) is 0 Å². The highest BCUT2D eigenvalue weighted by atomic mass is 79.9. The number of benzene rings is 1. The van der Waals surface area contributed by atoms with Gasteiger partial charge in [-0.25, -0.2) is 4.99 Å². The molecule has 0 spiro atoms. The Kier molecular flexibility index (Phi) is 3.33. The molecule has 2 rings (SSSR count). The molecule has 0 amide bonds. The zero-order chi connectivity index (χ0) is 11.7. The molecule has 0 aromatic heterocycles. The van der Waals surface area contributed by atoms with Crippen LogP contribution in [0.5, 0.6) is 0 Å². The number of hydrogen-bond donors (Lipinski definition) is 0. The van der Waals surface area contributed by atoms with Crippen molar-refractivity contribution >= 4 is 21.8 Å². The fourth-order valence-electron chi connectivity index (χ4n) is 1.69. The van der Waals surface area contributed by atoms with Crippen LogP contribution >= 0.6 is 15.9 Å². The Morgan fingerprint density at radius 3 is 2.81 bits per heavy atom. The van der Waals surface area contributed by atoms with Crippen molar-refractivity contribution in [3.63, 3.8) is 0 Å². The van der Waals surface area contributed by atoms with E-state index in [4.69, 9.17) is 4.74 Å². The Balaban J connectivity index is 2.32. The van der Waals surface area contributed by atoms with Gasteiger partial charge >= 0.3 is 0 Å². The summed E-state index contributed by atoms with van der Waals surface area (Å²) < 4.78 is 6.75. The summed E-state index contributed by atoms with van der Waals surface area (Å²) in [6.45, 7) is 7.12. The molecule has 0 aliphatic carbocycles. The van der Waals surface area contributed by atoms with E-state index in [2.05, 4.69) is 47.8 Å². The highest BCUT2D eigenvalue weighted by Crippen LogP contribution is 2.25. The van der Waals surface area contributed by atoms with Gasteiger partial charge in [0.15, 0.2) is 0 Å². The molecular formula is C13H16BrNO. The lowest BCUT2D eigenvalue weighted by Crippen LogP contribution is -2.13. The molecule has 1 aromatic carbocycles. The molecule has 3 heteroatoms. The van der Waals surface area contributed by atoms with Crippen LogP contribution in [0.15, 0.2) is 27.7 Å². The second kappa shape index (κ2) is 4.58. The average molecular weight is 282 g/mol. The summed E-state index contributed by atoms with van der Waals surface area (Å²) in [5, 5.41) is 0. The Labute approximate surface area is 105 Å². The van der Waals surface area contributed by atoms with Gasteiger partial charge in [-0.2, -0.15) is 0 Å². The number of rotatable bonds is 2. The summed E-state index contributed by atoms with van der Waals surface area (Å²) in [4.78, 5) is 4.62. The number of nitrogens with zero attached hydrogens (tertiary/aromatic N) is 1. The van der Waals surface area contributed by atoms with E-state index in [1.807, 2.05) is 12.1 Å². The van der Waals surface area contributed by atoms with Crippen molar-refractivity contribution in [3.8, 4) is 0 Å². The molecule has 0 saturated carbocycles. The molecule has 1 aromatic rings. The van der Waals surface area contributed by atoms with Crippen molar-refractivity contribution < 1.29 is 4.74 Å². The standard InChI is InChI=1S/C13H16BrNO/c1-8(2)11-7-16-13(15-11)10-6-4-5-9(3)12(10)14/h4-6,8,11H,7H2,1-3H3. The summed E-state index contributed by atoms with van der Waals surface area (Å²) in [6.07, 6.45) is 0. The minimum atomic E-state index is 0.294. The van der Waals surface area contributed by atoms with Gasteiger partial charge in [-0.15, -0.1) is 0 Å². The lowest BCUT2D eigenvalue weighted by Gasteiger charge is -2.06. The summed E-state index contributed by atoms with van der Waals surface area (Å²) in [5.41, 5.74) is 2.26. The number of halogens is 1. The van der Waals surface area contributed by atoms with Crippen LogP contribution in [0.4, 0.5) is 0 Å². The van der Waals surface area contributed by atoms with Gasteiger partial charge in [-0.3, -0.25) is 0 Å². The van der Waals surface area contributed by atoms with Crippen molar-refractivity contribution in [2.45, 2.75) is 26.8 Å². The van der Waals surface area contributed by atoms with E-state index >= 15 is 0 Å². The molecule has 1 atom stereocenters. The van der Waals surface area contributed by atoms with E-state index < -0.39 is 0 Å². The lowest BCUT2D eigenvalue weighted by atomic mass is 10.1. The summed E-state index contributed by atoms with van der Waals surface area (Å²) in [7, 11) is 0. The molecule has 2 nitrogen and oxygen atoms in total. The second-order valence-corrected chi connectivity index (χ2v) is 5.29. The third kappa shape index (κ3) is 2.14. The van der Waals surface area contributed by atoms with E-state index in [0.29, 0.717) is 18.6 Å². The molecule has 1 aliphatic heterocycles. The highest BCUT2D eigenvalue weighted by molar-refractivity contribution is 9.10. The fraction of sp³-hybridized carbons (Fsp3) is 0.462. The van der Waals surface area contributed by atoms with E-state index in [1.165, 1.54) is 5.56 Å². The Hall–Kier alpha value is -0.830. The Morgan fingerprint density at radius 1 is 1.44 bits per heavy atom. The number of ether oxygens (including phenoxy) is 1. The second-order valence-electron chi connectivity index (χ2n) is 4.49. The van der Waals surface area contributed by atoms with Gasteiger partial charge in [-0.05, 0) is 40.4 Å². The maximum atomic E-state index is 5.67. The van der Waals surface area contributed by atoms with Crippen molar-refractivity contribution in [1.29, 1.82) is 0 Å². The molecule has 0 fully saturated rings. The van der Waals surface area contributed by atoms with E-state index in [1.54, 1.807) is 0 Å². The average Bonchev–Trinajstić information content (AvgIpc) is 2.71. The van der Waals surface area contributed by atoms with Crippen molar-refractivity contribution in [1.82, 2.24) is 0 Å². The van der Waals surface area contributed by atoms with E-state index in [-0.39, 0.29) is 0 Å². The third-order valence-corrected chi connectivity index (χ3v) is 3.92. The van der Waals surface area contributed by atoms with Crippen molar-refractivity contribution in [2.75, 3.05) is 6.61 Å². The smallest absolute Gasteiger partial charge is 0.217 e. The van der Waals surface area contributed by atoms with Gasteiger partial charge in [0.2, 0.25) is 5.90 Å². The first-order chi connectivity index (χ1) is 7.59. The topological polar surface area (TPSA) is 21.6 Å². The van der Waals surface area contributed by atoms with Crippen LogP contribution in [0.25, 0.3) is 0 Å². The van der Waals surface area contributed by atoms with E-state index in [9.17, 15) is 0 Å². The molecule has 16 heavy (non-hydrogen) atoms. The Morgan fingerprint density at radius 2 is 2.19 bits per heavy atom. The normalized spacial score (nSPS) is 19.8. The van der Waals surface area contributed by atoms with Crippen molar-refractivity contribution in [2.24, 2.45) is 10.9 Å². The van der Waals surface area contributed by atoms with Gasteiger partial charge in [0.25, 0.3) is 0 Å². The van der Waals surface area contributed by atoms with Gasteiger partial charge in [0.1, 0.15) is 6.61 Å². The summed E-state index contributed by atoms with van der Waals surface area (Å²) in [6, 6.07) is 6.44. The number of aliphatic imine (C=N–C) groups is 1. The molecule has 86 valence electrons. The van der Waals surface area contributed by atoms with Gasteiger partial charge in [0.05, 0.1) is 11.6 Å². The Bertz CT molecular complexity index is 426. The quantitative estimate of drug-likeness (QED) is 0.812. The molecule has 1 unspecified atom stereocenters. The minimum Gasteiger partial charge on any atom is -0.475 e. The summed E-state index contributed by atoms with van der Waals surface area (Å²) >= 11 is 3.59. The van der Waals surface area contributed by atoms with Gasteiger partial charge in [0, 0.05) is 4.47 Å². The van der Waals surface area contributed by atoms with Crippen LogP contribution in [0.2, 0.25) is 0 Å². The maximum Gasteiger partial charge on any atom is 0.217 e. The molecular weight excluding hydrogens is 266 g/mol. The van der Waals surface area contributed by atoms with Crippen molar-refractivity contribution in [3.05, 3.63) is 33.8 Å². The molecule has 0 radical (unpaired) electrons. The molecule has 0 bridgehead atoms. The zero-order valence-electron chi connectivity index (χ0n) is 9.83. The molecule has 0 N–H and O–H groups in total. The van der Waals surface area contributed by atoms with Crippen LogP contribution in [0.1, 0.15) is 25.0 Å². The zero-order valence-corrected chi connectivity index (χ0v) is 11.4. The van der Waals surface area contributed by atoms with Crippen LogP contribution in [-0.2, 0) is 4.74 Å².